The van der Waals surface area contributed by atoms with E-state index in [2.05, 4.69) is 42.5 Å². The molecule has 1 aromatic carbocycles. The minimum absolute atomic E-state index is 0.772. The number of benzene rings is 1. The second-order valence-electron chi connectivity index (χ2n) is 6.00. The third-order valence-electron chi connectivity index (χ3n) is 4.40. The molecule has 1 aromatic heterocycles. The quantitative estimate of drug-likeness (QED) is 0.854. The van der Waals surface area contributed by atoms with Crippen LogP contribution in [0.2, 0.25) is 0 Å². The van der Waals surface area contributed by atoms with Crippen molar-refractivity contribution in [2.45, 2.75) is 52.0 Å². The van der Waals surface area contributed by atoms with Crippen molar-refractivity contribution in [1.82, 2.24) is 10.3 Å². The standard InChI is InChI=1S/C17H24N2/c1-12-9-13(2)17-16(10-12)14(11-19-17)7-8-18-15-5-3-4-6-15/h9-11,15,18-19H,3-8H2,1-2H3. The summed E-state index contributed by atoms with van der Waals surface area (Å²) < 4.78 is 0. The van der Waals surface area contributed by atoms with Crippen molar-refractivity contribution in [1.29, 1.82) is 0 Å². The summed E-state index contributed by atoms with van der Waals surface area (Å²) in [4.78, 5) is 3.43. The minimum Gasteiger partial charge on any atom is -0.361 e. The highest BCUT2D eigenvalue weighted by Gasteiger charge is 2.14. The van der Waals surface area contributed by atoms with Gasteiger partial charge in [-0.3, -0.25) is 0 Å². The maximum atomic E-state index is 3.70. The zero-order valence-electron chi connectivity index (χ0n) is 12.1. The van der Waals surface area contributed by atoms with Crippen molar-refractivity contribution in [2.24, 2.45) is 0 Å². The molecule has 19 heavy (non-hydrogen) atoms. The van der Waals surface area contributed by atoms with Crippen LogP contribution in [0.4, 0.5) is 0 Å². The molecule has 3 rings (SSSR count). The number of hydrogen-bond donors (Lipinski definition) is 2. The molecule has 0 bridgehead atoms. The monoisotopic (exact) mass is 256 g/mol. The number of fused-ring (bicyclic) bond motifs is 1. The molecule has 1 aliphatic rings. The van der Waals surface area contributed by atoms with E-state index in [9.17, 15) is 0 Å². The molecule has 1 aliphatic carbocycles. The molecule has 2 heteroatoms. The summed E-state index contributed by atoms with van der Waals surface area (Å²) in [5, 5.41) is 5.11. The highest BCUT2D eigenvalue weighted by Crippen LogP contribution is 2.24. The Morgan fingerprint density at radius 2 is 2.00 bits per heavy atom. The van der Waals surface area contributed by atoms with Crippen LogP contribution in [0.3, 0.4) is 0 Å². The molecule has 2 N–H and O–H groups in total. The fourth-order valence-corrected chi connectivity index (χ4v) is 3.40. The van der Waals surface area contributed by atoms with Crippen molar-refractivity contribution >= 4 is 10.9 Å². The first-order valence-corrected chi connectivity index (χ1v) is 7.54. The molecule has 0 saturated heterocycles. The van der Waals surface area contributed by atoms with Gasteiger partial charge in [0.25, 0.3) is 0 Å². The van der Waals surface area contributed by atoms with Crippen LogP contribution in [-0.4, -0.2) is 17.6 Å². The molecule has 2 nitrogen and oxygen atoms in total. The normalized spacial score (nSPS) is 16.5. The summed E-state index contributed by atoms with van der Waals surface area (Å²) in [6.07, 6.45) is 8.86. The van der Waals surface area contributed by atoms with E-state index < -0.39 is 0 Å². The molecule has 1 heterocycles. The number of hydrogen-bond acceptors (Lipinski definition) is 1. The van der Waals surface area contributed by atoms with Gasteiger partial charge in [0.15, 0.2) is 0 Å². The lowest BCUT2D eigenvalue weighted by atomic mass is 10.0. The predicted molar refractivity (Wildman–Crippen MR) is 81.7 cm³/mol. The van der Waals surface area contributed by atoms with Crippen LogP contribution in [0, 0.1) is 13.8 Å². The van der Waals surface area contributed by atoms with Gasteiger partial charge in [-0.05, 0) is 56.8 Å². The van der Waals surface area contributed by atoms with Gasteiger partial charge >= 0.3 is 0 Å². The Balaban J connectivity index is 1.70. The third-order valence-corrected chi connectivity index (χ3v) is 4.40. The maximum absolute atomic E-state index is 3.70. The van der Waals surface area contributed by atoms with Crippen LogP contribution < -0.4 is 5.32 Å². The Hall–Kier alpha value is -1.28. The Bertz CT molecular complexity index is 562. The van der Waals surface area contributed by atoms with Gasteiger partial charge in [0.2, 0.25) is 0 Å². The smallest absolute Gasteiger partial charge is 0.0486 e. The van der Waals surface area contributed by atoms with Crippen LogP contribution in [0.5, 0.6) is 0 Å². The van der Waals surface area contributed by atoms with E-state index in [1.807, 2.05) is 0 Å². The van der Waals surface area contributed by atoms with Crippen molar-refractivity contribution in [2.75, 3.05) is 6.54 Å². The van der Waals surface area contributed by atoms with E-state index in [0.29, 0.717) is 0 Å². The van der Waals surface area contributed by atoms with E-state index in [1.54, 1.807) is 0 Å². The summed E-state index contributed by atoms with van der Waals surface area (Å²) in [7, 11) is 0. The van der Waals surface area contributed by atoms with Gasteiger partial charge in [0.05, 0.1) is 0 Å². The highest BCUT2D eigenvalue weighted by molar-refractivity contribution is 5.86. The van der Waals surface area contributed by atoms with Crippen molar-refractivity contribution in [3.05, 3.63) is 35.0 Å². The average Bonchev–Trinajstić information content (AvgIpc) is 2.99. The van der Waals surface area contributed by atoms with Gasteiger partial charge < -0.3 is 10.3 Å². The predicted octanol–water partition coefficient (Wildman–Crippen LogP) is 3.86. The summed E-state index contributed by atoms with van der Waals surface area (Å²) in [5.41, 5.74) is 5.47. The van der Waals surface area contributed by atoms with Gasteiger partial charge in [0.1, 0.15) is 0 Å². The summed E-state index contributed by atoms with van der Waals surface area (Å²) in [6.45, 7) is 5.47. The van der Waals surface area contributed by atoms with E-state index in [4.69, 9.17) is 0 Å². The lowest BCUT2D eigenvalue weighted by Crippen LogP contribution is -2.27. The number of aromatic nitrogens is 1. The second kappa shape index (κ2) is 5.38. The number of rotatable bonds is 4. The van der Waals surface area contributed by atoms with E-state index in [1.165, 1.54) is 53.3 Å². The second-order valence-corrected chi connectivity index (χ2v) is 6.00. The van der Waals surface area contributed by atoms with Crippen molar-refractivity contribution in [3.63, 3.8) is 0 Å². The largest absolute Gasteiger partial charge is 0.361 e. The molecule has 1 saturated carbocycles. The SMILES string of the molecule is Cc1cc(C)c2[nH]cc(CCNC3CCCC3)c2c1. The van der Waals surface area contributed by atoms with Crippen LogP contribution in [0.25, 0.3) is 10.9 Å². The van der Waals surface area contributed by atoms with Crippen LogP contribution in [-0.2, 0) is 6.42 Å². The average molecular weight is 256 g/mol. The fourth-order valence-electron chi connectivity index (χ4n) is 3.40. The lowest BCUT2D eigenvalue weighted by Gasteiger charge is -2.11. The van der Waals surface area contributed by atoms with Gasteiger partial charge in [0, 0.05) is 23.1 Å². The number of nitrogens with one attached hydrogen (secondary N) is 2. The van der Waals surface area contributed by atoms with Crippen LogP contribution in [0.15, 0.2) is 18.3 Å². The summed E-state index contributed by atoms with van der Waals surface area (Å²) >= 11 is 0. The number of H-pyrrole nitrogens is 1. The Labute approximate surface area is 115 Å². The molecule has 2 aromatic rings. The maximum Gasteiger partial charge on any atom is 0.0486 e. The third kappa shape index (κ3) is 2.69. The minimum atomic E-state index is 0.772. The molecule has 0 spiro atoms. The first-order chi connectivity index (χ1) is 9.24. The fraction of sp³-hybridized carbons (Fsp3) is 0.529. The molecular weight excluding hydrogens is 232 g/mol. The van der Waals surface area contributed by atoms with Gasteiger partial charge in [-0.25, -0.2) is 0 Å². The highest BCUT2D eigenvalue weighted by atomic mass is 14.9. The van der Waals surface area contributed by atoms with Crippen molar-refractivity contribution < 1.29 is 0 Å². The number of aryl methyl sites for hydroxylation is 2. The van der Waals surface area contributed by atoms with Crippen molar-refractivity contribution in [3.8, 4) is 0 Å². The molecule has 0 aliphatic heterocycles. The molecule has 1 fully saturated rings. The molecule has 0 atom stereocenters. The number of aromatic amines is 1. The Morgan fingerprint density at radius 3 is 2.79 bits per heavy atom. The molecular formula is C17H24N2. The molecule has 102 valence electrons. The van der Waals surface area contributed by atoms with Gasteiger partial charge in [-0.2, -0.15) is 0 Å². The topological polar surface area (TPSA) is 27.8 Å². The lowest BCUT2D eigenvalue weighted by molar-refractivity contribution is 0.528. The Morgan fingerprint density at radius 1 is 1.21 bits per heavy atom. The van der Waals surface area contributed by atoms with E-state index in [0.717, 1.165) is 19.0 Å². The zero-order chi connectivity index (χ0) is 13.2. The summed E-state index contributed by atoms with van der Waals surface area (Å²) in [5.74, 6) is 0. The molecule has 0 amide bonds. The van der Waals surface area contributed by atoms with Crippen LogP contribution >= 0.6 is 0 Å². The van der Waals surface area contributed by atoms with Gasteiger partial charge in [-0.15, -0.1) is 0 Å². The van der Waals surface area contributed by atoms with E-state index in [-0.39, 0.29) is 0 Å². The summed E-state index contributed by atoms with van der Waals surface area (Å²) in [6, 6.07) is 5.33. The molecule has 0 radical (unpaired) electrons. The Kier molecular flexibility index (Phi) is 3.61. The first-order valence-electron chi connectivity index (χ1n) is 7.54. The zero-order valence-corrected chi connectivity index (χ0v) is 12.1. The van der Waals surface area contributed by atoms with E-state index >= 15 is 0 Å². The molecule has 0 unspecified atom stereocenters. The first kappa shape index (κ1) is 12.7. The van der Waals surface area contributed by atoms with Gasteiger partial charge in [-0.1, -0.05) is 24.5 Å². The van der Waals surface area contributed by atoms with Crippen LogP contribution in [0.1, 0.15) is 42.4 Å².